The molecule has 8 heteroatoms. The third-order valence-electron chi connectivity index (χ3n) is 5.45. The van der Waals surface area contributed by atoms with Crippen molar-refractivity contribution in [2.45, 2.75) is 44.3 Å². The van der Waals surface area contributed by atoms with Crippen LogP contribution in [0.4, 0.5) is 0 Å². The molecule has 3 aliphatic heterocycles. The molecular weight excluding hydrogens is 376 g/mol. The van der Waals surface area contributed by atoms with Gasteiger partial charge in [-0.05, 0) is 43.5 Å². The van der Waals surface area contributed by atoms with E-state index in [-0.39, 0.29) is 13.2 Å². The van der Waals surface area contributed by atoms with Crippen LogP contribution in [0.15, 0.2) is 24.3 Å². The van der Waals surface area contributed by atoms with Crippen LogP contribution in [0.5, 0.6) is 5.75 Å². The third kappa shape index (κ3) is 4.90. The molecule has 2 unspecified atom stereocenters. The summed E-state index contributed by atoms with van der Waals surface area (Å²) in [4.78, 5) is 20.1. The second-order valence-corrected chi connectivity index (χ2v) is 7.47. The van der Waals surface area contributed by atoms with E-state index in [9.17, 15) is 4.79 Å². The van der Waals surface area contributed by atoms with Gasteiger partial charge in [0.15, 0.2) is 12.1 Å². The van der Waals surface area contributed by atoms with Crippen LogP contribution in [-0.2, 0) is 30.4 Å². The summed E-state index contributed by atoms with van der Waals surface area (Å²) in [6.45, 7) is -0.246. The lowest BCUT2D eigenvalue weighted by atomic mass is 9.89. The number of hydrogen-bond donors (Lipinski definition) is 1. The Morgan fingerprint density at radius 3 is 2.72 bits per heavy atom. The topological polar surface area (TPSA) is 78.5 Å². The van der Waals surface area contributed by atoms with Crippen molar-refractivity contribution in [1.29, 1.82) is 0 Å². The second-order valence-electron chi connectivity index (χ2n) is 7.47. The number of carbonyl (C=O) groups excluding carboxylic acids is 1. The molecule has 0 bridgehead atoms. The van der Waals surface area contributed by atoms with Gasteiger partial charge in [-0.25, -0.2) is 10.3 Å². The van der Waals surface area contributed by atoms with Crippen molar-refractivity contribution in [2.75, 3.05) is 40.0 Å². The maximum absolute atomic E-state index is 13.0. The normalized spacial score (nSPS) is 29.8. The van der Waals surface area contributed by atoms with Crippen LogP contribution >= 0.6 is 0 Å². The Kier molecular flexibility index (Phi) is 5.86. The number of hydrogen-bond acceptors (Lipinski definition) is 7. The molecule has 1 aromatic carbocycles. The Labute approximate surface area is 174 Å². The summed E-state index contributed by atoms with van der Waals surface area (Å²) in [6.07, 6.45) is 2.55. The van der Waals surface area contributed by atoms with Crippen LogP contribution in [0, 0.1) is 5.92 Å². The molecule has 29 heavy (non-hydrogen) atoms. The van der Waals surface area contributed by atoms with Crippen LogP contribution < -0.4 is 10.2 Å². The highest BCUT2D eigenvalue weighted by molar-refractivity contribution is 5.79. The molecule has 0 saturated carbocycles. The molecule has 0 aromatic heterocycles. The predicted octanol–water partition coefficient (Wildman–Crippen LogP) is 1.83. The molecule has 2 atom stereocenters. The van der Waals surface area contributed by atoms with Gasteiger partial charge >= 0.3 is 0 Å². The Morgan fingerprint density at radius 1 is 1.24 bits per heavy atom. The Morgan fingerprint density at radius 2 is 2.03 bits per heavy atom. The number of amides is 1. The average Bonchev–Trinajstić information content (AvgIpc) is 3.28. The zero-order valence-corrected chi connectivity index (χ0v) is 16.7. The highest BCUT2D eigenvalue weighted by Crippen LogP contribution is 2.36. The van der Waals surface area contributed by atoms with Gasteiger partial charge in [0.05, 0.1) is 32.7 Å². The molecule has 1 aromatic rings. The lowest BCUT2D eigenvalue weighted by molar-refractivity contribution is -0.236. The largest absolute Gasteiger partial charge is 0.497 e. The van der Waals surface area contributed by atoms with Gasteiger partial charge in [0, 0.05) is 22.3 Å². The number of carbonyl (C=O) groups is 1. The number of ether oxygens (including phenoxy) is 4. The average molecular weight is 408 g/mol. The molecule has 4 rings (SSSR count). The molecule has 3 saturated heterocycles. The highest BCUT2D eigenvalue weighted by Gasteiger charge is 2.51. The van der Waals surface area contributed by atoms with Gasteiger partial charge in [-0.3, -0.25) is 9.69 Å². The summed E-state index contributed by atoms with van der Waals surface area (Å²) >= 11 is 0. The number of nitrogens with one attached hydrogen (secondary N) is 1. The molecule has 8 nitrogen and oxygen atoms in total. The van der Waals surface area contributed by atoms with E-state index in [0.717, 1.165) is 24.2 Å². The molecule has 1 spiro atoms. The Bertz CT molecular complexity index is 751. The summed E-state index contributed by atoms with van der Waals surface area (Å²) in [6, 6.07) is 7.48. The van der Waals surface area contributed by atoms with Crippen molar-refractivity contribution in [3.05, 3.63) is 29.8 Å². The number of likely N-dealkylation sites (tertiary alicyclic amines) is 1. The zero-order chi connectivity index (χ0) is 21.9. The first kappa shape index (κ1) is 18.1. The van der Waals surface area contributed by atoms with Gasteiger partial charge < -0.3 is 18.9 Å². The minimum atomic E-state index is -2.02. The first-order valence-corrected chi connectivity index (χ1v) is 10.2. The Balaban J connectivity index is 1.47. The first-order chi connectivity index (χ1) is 15.0. The van der Waals surface area contributed by atoms with Crippen molar-refractivity contribution in [2.24, 2.45) is 5.92 Å². The predicted molar refractivity (Wildman–Crippen MR) is 104 cm³/mol. The molecule has 1 N–H and O–H groups in total. The molecule has 3 fully saturated rings. The number of hydroxylamine groups is 1. The quantitative estimate of drug-likeness (QED) is 0.720. The maximum atomic E-state index is 13.0. The lowest BCUT2D eigenvalue weighted by Crippen LogP contribution is -2.59. The summed E-state index contributed by atoms with van der Waals surface area (Å²) in [7, 11) is 1.60. The fraction of sp³-hybridized carbons (Fsp3) is 0.667. The van der Waals surface area contributed by atoms with E-state index in [4.69, 9.17) is 26.5 Å². The van der Waals surface area contributed by atoms with Gasteiger partial charge in [-0.15, -0.1) is 0 Å². The van der Waals surface area contributed by atoms with Crippen molar-refractivity contribution < 1.29 is 31.3 Å². The van der Waals surface area contributed by atoms with E-state index in [1.54, 1.807) is 12.0 Å². The number of nitrogens with zero attached hydrogens (tertiary/aromatic N) is 1. The molecule has 160 valence electrons. The number of rotatable bonds is 6. The third-order valence-corrected chi connectivity index (χ3v) is 5.45. The van der Waals surface area contributed by atoms with Crippen LogP contribution in [0.3, 0.4) is 0 Å². The van der Waals surface area contributed by atoms with Crippen molar-refractivity contribution in [3.63, 3.8) is 0 Å². The number of piperidine rings is 1. The van der Waals surface area contributed by atoms with Crippen LogP contribution in [0.2, 0.25) is 0 Å². The summed E-state index contributed by atoms with van der Waals surface area (Å²) < 4.78 is 40.1. The highest BCUT2D eigenvalue weighted by atomic mass is 16.8. The van der Waals surface area contributed by atoms with E-state index in [0.29, 0.717) is 32.5 Å². The van der Waals surface area contributed by atoms with Crippen molar-refractivity contribution in [3.8, 4) is 5.75 Å². The number of benzene rings is 1. The van der Waals surface area contributed by atoms with Gasteiger partial charge in [-0.1, -0.05) is 12.1 Å². The van der Waals surface area contributed by atoms with Gasteiger partial charge in [0.1, 0.15) is 5.75 Å². The fourth-order valence-electron chi connectivity index (χ4n) is 3.90. The van der Waals surface area contributed by atoms with E-state index in [1.165, 1.54) is 0 Å². The molecule has 3 heterocycles. The number of methoxy groups -OCH3 is 1. The second kappa shape index (κ2) is 9.40. The molecule has 0 aliphatic carbocycles. The SMILES string of the molecule is [2H]C1([2H])N(Cc2ccc(OC)cc2)CCC(C(=O)NOC2CCCCO2)C12OCCO2. The van der Waals surface area contributed by atoms with Crippen LogP contribution in [0.1, 0.15) is 34.0 Å². The summed E-state index contributed by atoms with van der Waals surface area (Å²) in [5.74, 6) is -2.26. The molecule has 3 aliphatic rings. The Hall–Kier alpha value is -1.71. The fourth-order valence-corrected chi connectivity index (χ4v) is 3.90. The standard InChI is InChI=1S/C21H30N2O6/c1-25-17-7-5-16(6-8-17)14-23-10-9-18(21(15-23)27-12-13-28-21)20(24)22-29-19-4-2-3-11-26-19/h5-8,18-19H,2-4,9-15H2,1H3,(H,22,24)/i15D2. The minimum Gasteiger partial charge on any atom is -0.497 e. The minimum absolute atomic E-state index is 0.228. The summed E-state index contributed by atoms with van der Waals surface area (Å²) in [5.41, 5.74) is 3.39. The van der Waals surface area contributed by atoms with E-state index < -0.39 is 30.4 Å². The van der Waals surface area contributed by atoms with Crippen molar-refractivity contribution >= 4 is 5.91 Å². The molecule has 1 amide bonds. The lowest BCUT2D eigenvalue weighted by Gasteiger charge is -2.43. The smallest absolute Gasteiger partial charge is 0.252 e. The van der Waals surface area contributed by atoms with Gasteiger partial charge in [-0.2, -0.15) is 0 Å². The maximum Gasteiger partial charge on any atom is 0.252 e. The van der Waals surface area contributed by atoms with Gasteiger partial charge in [0.2, 0.25) is 0 Å². The van der Waals surface area contributed by atoms with Crippen molar-refractivity contribution in [1.82, 2.24) is 10.4 Å². The first-order valence-electron chi connectivity index (χ1n) is 11.2. The molecule has 0 radical (unpaired) electrons. The zero-order valence-electron chi connectivity index (χ0n) is 18.7. The van der Waals surface area contributed by atoms with E-state index in [2.05, 4.69) is 5.48 Å². The van der Waals surface area contributed by atoms with Crippen LogP contribution in [-0.4, -0.2) is 62.9 Å². The summed E-state index contributed by atoms with van der Waals surface area (Å²) in [5, 5.41) is 0. The van der Waals surface area contributed by atoms with E-state index >= 15 is 0 Å². The molecular formula is C21H30N2O6. The van der Waals surface area contributed by atoms with Crippen LogP contribution in [0.25, 0.3) is 0 Å². The van der Waals surface area contributed by atoms with E-state index in [1.807, 2.05) is 24.3 Å². The van der Waals surface area contributed by atoms with Gasteiger partial charge in [0.25, 0.3) is 5.91 Å². The monoisotopic (exact) mass is 408 g/mol.